The van der Waals surface area contributed by atoms with Crippen molar-refractivity contribution in [1.82, 2.24) is 15.3 Å². The van der Waals surface area contributed by atoms with Gasteiger partial charge in [0.2, 0.25) is 0 Å². The minimum absolute atomic E-state index is 0.0676. The summed E-state index contributed by atoms with van der Waals surface area (Å²) in [5.41, 5.74) is 2.55. The molecule has 1 aliphatic carbocycles. The minimum atomic E-state index is -0.615. The van der Waals surface area contributed by atoms with Crippen molar-refractivity contribution < 1.29 is 13.5 Å². The van der Waals surface area contributed by atoms with E-state index in [4.69, 9.17) is 4.74 Å². The molecule has 2 aliphatic heterocycles. The average Bonchev–Trinajstić information content (AvgIpc) is 3.43. The Morgan fingerprint density at radius 1 is 1.14 bits per heavy atom. The topological polar surface area (TPSA) is 74.7 Å². The van der Waals surface area contributed by atoms with Crippen LogP contribution in [-0.2, 0) is 6.42 Å². The summed E-state index contributed by atoms with van der Waals surface area (Å²) in [4.78, 5) is 15.7. The Bertz CT molecular complexity index is 1310. The van der Waals surface area contributed by atoms with Crippen LogP contribution in [0.25, 0.3) is 6.08 Å². The van der Waals surface area contributed by atoms with E-state index in [9.17, 15) is 4.39 Å². The van der Waals surface area contributed by atoms with Crippen molar-refractivity contribution in [2.24, 2.45) is 4.99 Å². The normalized spacial score (nSPS) is 21.4. The predicted octanol–water partition coefficient (Wildman–Crippen LogP) is 5.02. The summed E-state index contributed by atoms with van der Waals surface area (Å²) in [6, 6.07) is 3.35. The summed E-state index contributed by atoms with van der Waals surface area (Å²) in [7, 11) is 0. The quantitative estimate of drug-likeness (QED) is 0.611. The standard InChI is InChI=1S/C27H30F2N6O/c1-5-6-18-9-23(30-12-18)32-24-11-25(35-13-16(3)31-17(4)14-35)34-27(33-24)36-22-10-21(28)19-7-15(2)8-20(19)26(22)29/h5-6,8-11,16-17,31H,7,12-14H2,1-4H3,(H,30,32,33,34)/b6-5+. The van der Waals surface area contributed by atoms with Crippen LogP contribution in [0, 0.1) is 11.6 Å². The van der Waals surface area contributed by atoms with Crippen molar-refractivity contribution in [3.05, 3.63) is 64.3 Å². The van der Waals surface area contributed by atoms with Crippen LogP contribution in [0.2, 0.25) is 0 Å². The Balaban J connectivity index is 1.49. The number of ether oxygens (including phenoxy) is 1. The number of nitrogens with one attached hydrogen (secondary N) is 2. The number of halogens is 2. The van der Waals surface area contributed by atoms with E-state index in [0.29, 0.717) is 36.0 Å². The van der Waals surface area contributed by atoms with Gasteiger partial charge >= 0.3 is 6.01 Å². The maximum Gasteiger partial charge on any atom is 0.326 e. The molecule has 1 aromatic heterocycles. The molecule has 0 spiro atoms. The van der Waals surface area contributed by atoms with E-state index in [0.717, 1.165) is 30.3 Å². The van der Waals surface area contributed by atoms with E-state index in [1.165, 1.54) is 0 Å². The van der Waals surface area contributed by atoms with Gasteiger partial charge in [0.1, 0.15) is 23.3 Å². The highest BCUT2D eigenvalue weighted by Crippen LogP contribution is 2.36. The first-order chi connectivity index (χ1) is 17.3. The number of anilines is 2. The Labute approximate surface area is 209 Å². The van der Waals surface area contributed by atoms with Gasteiger partial charge in [-0.15, -0.1) is 0 Å². The third-order valence-corrected chi connectivity index (χ3v) is 6.34. The fourth-order valence-corrected chi connectivity index (χ4v) is 4.90. The van der Waals surface area contributed by atoms with Gasteiger partial charge in [-0.2, -0.15) is 9.97 Å². The Kier molecular flexibility index (Phi) is 6.57. The molecule has 2 atom stereocenters. The van der Waals surface area contributed by atoms with Crippen molar-refractivity contribution in [2.75, 3.05) is 29.9 Å². The van der Waals surface area contributed by atoms with Gasteiger partial charge in [0.25, 0.3) is 0 Å². The molecule has 188 valence electrons. The van der Waals surface area contributed by atoms with Crippen LogP contribution in [0.3, 0.4) is 0 Å². The summed E-state index contributed by atoms with van der Waals surface area (Å²) < 4.78 is 35.8. The third-order valence-electron chi connectivity index (χ3n) is 6.34. The summed E-state index contributed by atoms with van der Waals surface area (Å²) in [6.45, 7) is 10.1. The van der Waals surface area contributed by atoms with Crippen LogP contribution in [-0.4, -0.2) is 47.5 Å². The lowest BCUT2D eigenvalue weighted by atomic mass is 10.1. The van der Waals surface area contributed by atoms with Gasteiger partial charge in [-0.25, -0.2) is 8.78 Å². The zero-order valence-corrected chi connectivity index (χ0v) is 20.9. The first-order valence-corrected chi connectivity index (χ1v) is 12.2. The average molecular weight is 493 g/mol. The number of amidine groups is 1. The van der Waals surface area contributed by atoms with Gasteiger partial charge in [0.05, 0.1) is 6.54 Å². The molecule has 0 saturated carbocycles. The van der Waals surface area contributed by atoms with E-state index in [1.807, 2.05) is 38.1 Å². The monoisotopic (exact) mass is 492 g/mol. The summed E-state index contributed by atoms with van der Waals surface area (Å²) in [5.74, 6) is 0.401. The zero-order chi connectivity index (χ0) is 25.4. The number of piperazine rings is 1. The lowest BCUT2D eigenvalue weighted by Crippen LogP contribution is -2.54. The highest BCUT2D eigenvalue weighted by Gasteiger charge is 2.26. The molecular formula is C27H30F2N6O. The third kappa shape index (κ3) is 5.02. The highest BCUT2D eigenvalue weighted by atomic mass is 19.1. The first kappa shape index (κ1) is 24.1. The smallest absolute Gasteiger partial charge is 0.326 e. The van der Waals surface area contributed by atoms with E-state index < -0.39 is 11.6 Å². The number of fused-ring (bicyclic) bond motifs is 1. The van der Waals surface area contributed by atoms with E-state index in [1.54, 1.807) is 6.08 Å². The van der Waals surface area contributed by atoms with Gasteiger partial charge in [0, 0.05) is 48.4 Å². The summed E-state index contributed by atoms with van der Waals surface area (Å²) >= 11 is 0. The van der Waals surface area contributed by atoms with Gasteiger partial charge in [-0.3, -0.25) is 4.99 Å². The number of hydrogen-bond acceptors (Lipinski definition) is 7. The Morgan fingerprint density at radius 3 is 2.67 bits per heavy atom. The first-order valence-electron chi connectivity index (χ1n) is 12.2. The second-order valence-corrected chi connectivity index (χ2v) is 9.65. The van der Waals surface area contributed by atoms with Crippen LogP contribution in [0.4, 0.5) is 20.4 Å². The molecule has 9 heteroatoms. The van der Waals surface area contributed by atoms with Crippen LogP contribution < -0.4 is 20.3 Å². The molecule has 36 heavy (non-hydrogen) atoms. The number of aliphatic imine (C=N–C) groups is 1. The second-order valence-electron chi connectivity index (χ2n) is 9.65. The molecule has 0 bridgehead atoms. The van der Waals surface area contributed by atoms with E-state index in [-0.39, 0.29) is 29.4 Å². The molecule has 0 radical (unpaired) electrons. The van der Waals surface area contributed by atoms with E-state index in [2.05, 4.69) is 44.3 Å². The molecule has 0 amide bonds. The fraction of sp³-hybridized carbons (Fsp3) is 0.370. The molecule has 3 aliphatic rings. The van der Waals surface area contributed by atoms with Crippen molar-refractivity contribution in [3.8, 4) is 11.8 Å². The molecule has 1 aromatic carbocycles. The molecular weight excluding hydrogens is 462 g/mol. The van der Waals surface area contributed by atoms with Crippen molar-refractivity contribution in [1.29, 1.82) is 0 Å². The molecule has 5 rings (SSSR count). The zero-order valence-electron chi connectivity index (χ0n) is 20.9. The van der Waals surface area contributed by atoms with Crippen LogP contribution in [0.15, 0.2) is 46.5 Å². The van der Waals surface area contributed by atoms with Crippen LogP contribution >= 0.6 is 0 Å². The number of hydrogen-bond donors (Lipinski definition) is 2. The molecule has 2 aromatic rings. The van der Waals surface area contributed by atoms with Gasteiger partial charge in [-0.05, 0) is 45.8 Å². The lowest BCUT2D eigenvalue weighted by Gasteiger charge is -2.37. The van der Waals surface area contributed by atoms with E-state index >= 15 is 4.39 Å². The molecule has 1 fully saturated rings. The maximum atomic E-state index is 15.3. The maximum absolute atomic E-state index is 15.3. The van der Waals surface area contributed by atoms with Crippen molar-refractivity contribution in [2.45, 2.75) is 46.2 Å². The number of allylic oxidation sites excluding steroid dienone is 2. The number of benzene rings is 1. The number of aromatic nitrogens is 2. The Hall–Kier alpha value is -3.59. The van der Waals surface area contributed by atoms with Crippen LogP contribution in [0.5, 0.6) is 11.8 Å². The molecule has 2 N–H and O–H groups in total. The lowest BCUT2D eigenvalue weighted by molar-refractivity contribution is 0.394. The highest BCUT2D eigenvalue weighted by molar-refractivity contribution is 6.05. The summed E-state index contributed by atoms with van der Waals surface area (Å²) in [6.07, 6.45) is 7.96. The SMILES string of the molecule is C/C=C/C1=CC(Nc2cc(N3CC(C)NC(C)C3)nc(Oc3cc(F)c4c(c3F)C=C(C)C4)n2)=NC1. The number of rotatable bonds is 5. The molecule has 1 saturated heterocycles. The molecule has 2 unspecified atom stereocenters. The van der Waals surface area contributed by atoms with Crippen LogP contribution in [0.1, 0.15) is 38.8 Å². The largest absolute Gasteiger partial charge is 0.421 e. The minimum Gasteiger partial charge on any atom is -0.421 e. The molecule has 7 nitrogen and oxygen atoms in total. The van der Waals surface area contributed by atoms with Crippen molar-refractivity contribution in [3.63, 3.8) is 0 Å². The van der Waals surface area contributed by atoms with Crippen molar-refractivity contribution >= 4 is 23.5 Å². The van der Waals surface area contributed by atoms with Gasteiger partial charge in [0.15, 0.2) is 11.6 Å². The fourth-order valence-electron chi connectivity index (χ4n) is 4.90. The van der Waals surface area contributed by atoms with Gasteiger partial charge < -0.3 is 20.3 Å². The predicted molar refractivity (Wildman–Crippen MR) is 139 cm³/mol. The van der Waals surface area contributed by atoms with Gasteiger partial charge in [-0.1, -0.05) is 23.8 Å². The second kappa shape index (κ2) is 9.81. The molecule has 3 heterocycles. The summed E-state index contributed by atoms with van der Waals surface area (Å²) in [5, 5.41) is 6.72. The number of nitrogens with zero attached hydrogens (tertiary/aromatic N) is 4. The Morgan fingerprint density at radius 2 is 1.92 bits per heavy atom.